The second-order valence-electron chi connectivity index (χ2n) is 2.11. The molecule has 0 aromatic heterocycles. The molecule has 2 rings (SSSR count). The second kappa shape index (κ2) is 7.31. The molecule has 76 valence electrons. The van der Waals surface area contributed by atoms with Crippen LogP contribution in [0.2, 0.25) is 0 Å². The van der Waals surface area contributed by atoms with E-state index in [0.29, 0.717) is 5.56 Å². The molecule has 0 spiro atoms. The molecule has 0 radical (unpaired) electrons. The normalized spacial score (nSPS) is 8.07. The molecular formula is C12H4FeO-10. The molecular weight excluding hydrogens is 216 g/mol. The summed E-state index contributed by atoms with van der Waals surface area (Å²) in [7, 11) is 0. The standard InChI is InChI=1S/C7H3O.C5H.Fe/c1-6(8)7-4-2-3-5-7;1-2-4-5-3-1;/h1H3;1H;/q2*-5;. The van der Waals surface area contributed by atoms with Crippen LogP contribution in [0.3, 0.4) is 0 Å². The van der Waals surface area contributed by atoms with E-state index in [2.05, 4.69) is 48.5 Å². The molecule has 0 bridgehead atoms. The van der Waals surface area contributed by atoms with Crippen LogP contribution >= 0.6 is 0 Å². The van der Waals surface area contributed by atoms with Crippen molar-refractivity contribution in [3.63, 3.8) is 0 Å². The Morgan fingerprint density at radius 3 is 1.79 bits per heavy atom. The molecule has 0 unspecified atom stereocenters. The Kier molecular flexibility index (Phi) is 6.73. The van der Waals surface area contributed by atoms with E-state index >= 15 is 0 Å². The van der Waals surface area contributed by atoms with Gasteiger partial charge >= 0.3 is 0 Å². The molecule has 2 aromatic rings. The molecule has 0 fully saturated rings. The maximum absolute atomic E-state index is 10.4. The van der Waals surface area contributed by atoms with Crippen molar-refractivity contribution >= 4 is 5.78 Å². The van der Waals surface area contributed by atoms with Gasteiger partial charge in [0.2, 0.25) is 0 Å². The quantitative estimate of drug-likeness (QED) is 0.403. The Bertz CT molecular complexity index is 302. The topological polar surface area (TPSA) is 17.1 Å². The summed E-state index contributed by atoms with van der Waals surface area (Å²) in [5, 5.41) is 0. The van der Waals surface area contributed by atoms with Gasteiger partial charge in [-0.3, -0.25) is 5.78 Å². The average Bonchev–Trinajstić information content (AvgIpc) is 2.82. The van der Waals surface area contributed by atoms with Crippen molar-refractivity contribution in [2.75, 3.05) is 0 Å². The Balaban J connectivity index is 0.000000246. The van der Waals surface area contributed by atoms with Crippen molar-refractivity contribution < 1.29 is 21.9 Å². The van der Waals surface area contributed by atoms with Crippen molar-refractivity contribution in [3.05, 3.63) is 60.2 Å². The third kappa shape index (κ3) is 4.80. The molecule has 0 saturated carbocycles. The van der Waals surface area contributed by atoms with Crippen LogP contribution in [-0.2, 0) is 17.1 Å². The van der Waals surface area contributed by atoms with Crippen LogP contribution in [0.1, 0.15) is 17.3 Å². The molecule has 0 saturated heterocycles. The summed E-state index contributed by atoms with van der Waals surface area (Å²) in [5.74, 6) is -0.0394. The molecule has 14 heavy (non-hydrogen) atoms. The van der Waals surface area contributed by atoms with E-state index in [1.165, 1.54) is 6.92 Å². The zero-order valence-corrected chi connectivity index (χ0v) is 8.44. The molecule has 0 N–H and O–H groups in total. The maximum Gasteiger partial charge on any atom is 0 e. The molecule has 2 heteroatoms. The number of carbonyl (C=O) groups is 1. The van der Waals surface area contributed by atoms with E-state index in [1.807, 2.05) is 0 Å². The molecule has 0 atom stereocenters. The Morgan fingerprint density at radius 2 is 1.57 bits per heavy atom. The average molecular weight is 220 g/mol. The van der Waals surface area contributed by atoms with Gasteiger partial charge in [-0.15, -0.1) is 6.92 Å². The van der Waals surface area contributed by atoms with Crippen molar-refractivity contribution in [3.8, 4) is 0 Å². The molecule has 1 nitrogen and oxygen atoms in total. The minimum atomic E-state index is -0.0394. The van der Waals surface area contributed by atoms with Gasteiger partial charge in [0, 0.05) is 17.1 Å². The van der Waals surface area contributed by atoms with Crippen LogP contribution < -0.4 is 0 Å². The van der Waals surface area contributed by atoms with Gasteiger partial charge in [-0.25, -0.2) is 0 Å². The first-order chi connectivity index (χ1) is 6.30. The van der Waals surface area contributed by atoms with E-state index in [0.717, 1.165) is 0 Å². The van der Waals surface area contributed by atoms with Gasteiger partial charge in [0.1, 0.15) is 0 Å². The summed E-state index contributed by atoms with van der Waals surface area (Å²) in [6.07, 6.45) is 0. The Labute approximate surface area is 95.0 Å². The van der Waals surface area contributed by atoms with Crippen molar-refractivity contribution in [1.29, 1.82) is 0 Å². The monoisotopic (exact) mass is 220 g/mol. The molecule has 0 aliphatic heterocycles. The first-order valence-electron chi connectivity index (χ1n) is 3.53. The van der Waals surface area contributed by atoms with E-state index in [-0.39, 0.29) is 22.9 Å². The zero-order valence-electron chi connectivity index (χ0n) is 7.34. The fraction of sp³-hybridized carbons (Fsp3) is 0.0833. The summed E-state index contributed by atoms with van der Waals surface area (Å²) < 4.78 is 0. The van der Waals surface area contributed by atoms with Gasteiger partial charge in [0.25, 0.3) is 0 Å². The van der Waals surface area contributed by atoms with Gasteiger partial charge in [-0.2, -0.15) is 0 Å². The summed E-state index contributed by atoms with van der Waals surface area (Å²) >= 11 is 0. The summed E-state index contributed by atoms with van der Waals surface area (Å²) in [4.78, 5) is 10.4. The fourth-order valence-corrected chi connectivity index (χ4v) is 0.575. The number of hydrogen-bond donors (Lipinski definition) is 0. The molecule has 0 aliphatic carbocycles. The predicted octanol–water partition coefficient (Wildman–Crippen LogP) is 1.41. The Hall–Kier alpha value is -1.11. The van der Waals surface area contributed by atoms with E-state index in [4.69, 9.17) is 0 Å². The molecule has 0 heterocycles. The number of carbonyl (C=O) groups excluding carboxylic acids is 1. The van der Waals surface area contributed by atoms with Gasteiger partial charge in [-0.1, -0.05) is 0 Å². The minimum Gasteiger partial charge on any atom is -0.999 e. The third-order valence-electron chi connectivity index (χ3n) is 1.14. The molecule has 2 aromatic carbocycles. The fourth-order valence-electron chi connectivity index (χ4n) is 0.575. The van der Waals surface area contributed by atoms with Crippen molar-refractivity contribution in [2.45, 2.75) is 6.92 Å². The maximum atomic E-state index is 10.4. The van der Waals surface area contributed by atoms with E-state index in [9.17, 15) is 4.79 Å². The third-order valence-corrected chi connectivity index (χ3v) is 1.14. The van der Waals surface area contributed by atoms with Crippen LogP contribution in [0.5, 0.6) is 0 Å². The summed E-state index contributed by atoms with van der Waals surface area (Å²) in [6, 6.07) is 22.1. The van der Waals surface area contributed by atoms with Crippen LogP contribution in [0.15, 0.2) is 6.07 Å². The van der Waals surface area contributed by atoms with Gasteiger partial charge in [0.05, 0.1) is 0 Å². The SMILES string of the molecule is CC(=O)[c-]1[c-][c-][c-][c-]1.[Fe].[c-]1[c-][c-][cH-][c-]1. The van der Waals surface area contributed by atoms with Crippen LogP contribution in [0, 0.1) is 48.5 Å². The molecule has 0 aliphatic rings. The number of ketones is 1. The van der Waals surface area contributed by atoms with Gasteiger partial charge in [-0.05, 0) is 0 Å². The van der Waals surface area contributed by atoms with Crippen LogP contribution in [0.4, 0.5) is 0 Å². The summed E-state index contributed by atoms with van der Waals surface area (Å²) in [6.45, 7) is 1.46. The van der Waals surface area contributed by atoms with Crippen molar-refractivity contribution in [2.24, 2.45) is 0 Å². The summed E-state index contributed by atoms with van der Waals surface area (Å²) in [5.41, 5.74) is 0.435. The number of Topliss-reactive ketones (excluding diaryl/α,β-unsaturated/α-hetero) is 1. The number of hydrogen-bond acceptors (Lipinski definition) is 1. The zero-order chi connectivity index (χ0) is 9.52. The molecule has 0 amide bonds. The first kappa shape index (κ1) is 12.9. The van der Waals surface area contributed by atoms with E-state index < -0.39 is 0 Å². The minimum absolute atomic E-state index is 0. The van der Waals surface area contributed by atoms with Gasteiger partial charge < -0.3 is 65.0 Å². The van der Waals surface area contributed by atoms with Crippen molar-refractivity contribution in [1.82, 2.24) is 0 Å². The predicted molar refractivity (Wildman–Crippen MR) is 44.8 cm³/mol. The van der Waals surface area contributed by atoms with Gasteiger partial charge in [0.15, 0.2) is 0 Å². The smallest absolute Gasteiger partial charge is 0 e. The van der Waals surface area contributed by atoms with Crippen LogP contribution in [-0.4, -0.2) is 5.78 Å². The second-order valence-corrected chi connectivity index (χ2v) is 2.11. The first-order valence-corrected chi connectivity index (χ1v) is 3.53. The van der Waals surface area contributed by atoms with E-state index in [1.54, 1.807) is 6.07 Å². The van der Waals surface area contributed by atoms with Crippen LogP contribution in [0.25, 0.3) is 0 Å². The largest absolute Gasteiger partial charge is 0.999 e. The Morgan fingerprint density at radius 1 is 1.07 bits per heavy atom. The number of rotatable bonds is 1.